The Hall–Kier alpha value is -3.90. The Morgan fingerprint density at radius 1 is 1.07 bits per heavy atom. The van der Waals surface area contributed by atoms with Crippen molar-refractivity contribution in [2.75, 3.05) is 25.6 Å². The van der Waals surface area contributed by atoms with Crippen LogP contribution in [0.1, 0.15) is 11.5 Å². The van der Waals surface area contributed by atoms with Crippen LogP contribution in [0.4, 0.5) is 5.69 Å². The van der Waals surface area contributed by atoms with Crippen molar-refractivity contribution in [3.05, 3.63) is 59.6 Å². The summed E-state index contributed by atoms with van der Waals surface area (Å²) < 4.78 is 10.3. The molecule has 0 bridgehead atoms. The van der Waals surface area contributed by atoms with E-state index in [-0.39, 0.29) is 24.4 Å². The molecule has 0 aliphatic carbocycles. The van der Waals surface area contributed by atoms with Crippen molar-refractivity contribution in [3.8, 4) is 6.07 Å². The first kappa shape index (κ1) is 21.4. The highest BCUT2D eigenvalue weighted by Gasteiger charge is 2.14. The number of anilines is 1. The summed E-state index contributed by atoms with van der Waals surface area (Å²) >= 11 is 0. The summed E-state index contributed by atoms with van der Waals surface area (Å²) in [5, 5.41) is 16.6. The SMILES string of the molecule is COCCNC(=O)/C(C#N)=C\c1ccc(CNC(=O)C(=O)Nc2ccccc2)o1. The molecule has 0 fully saturated rings. The van der Waals surface area contributed by atoms with Crippen LogP contribution in [0.25, 0.3) is 6.08 Å². The molecule has 9 heteroatoms. The number of hydrogen-bond donors (Lipinski definition) is 3. The van der Waals surface area contributed by atoms with Gasteiger partial charge in [-0.05, 0) is 24.3 Å². The third kappa shape index (κ3) is 6.97. The summed E-state index contributed by atoms with van der Waals surface area (Å²) in [6.07, 6.45) is 1.29. The van der Waals surface area contributed by atoms with Gasteiger partial charge in [0.05, 0.1) is 13.2 Å². The van der Waals surface area contributed by atoms with E-state index in [1.165, 1.54) is 13.2 Å². The largest absolute Gasteiger partial charge is 0.460 e. The van der Waals surface area contributed by atoms with E-state index >= 15 is 0 Å². The molecule has 1 aromatic carbocycles. The molecule has 3 N–H and O–H groups in total. The van der Waals surface area contributed by atoms with E-state index in [0.717, 1.165) is 0 Å². The molecule has 1 heterocycles. The Bertz CT molecular complexity index is 928. The fourth-order valence-corrected chi connectivity index (χ4v) is 2.18. The summed E-state index contributed by atoms with van der Waals surface area (Å²) in [6, 6.07) is 13.5. The van der Waals surface area contributed by atoms with Gasteiger partial charge in [0, 0.05) is 25.4 Å². The molecule has 0 aliphatic heterocycles. The summed E-state index contributed by atoms with van der Waals surface area (Å²) in [7, 11) is 1.50. The van der Waals surface area contributed by atoms with Crippen LogP contribution in [0.5, 0.6) is 0 Å². The molecular formula is C20H20N4O5. The zero-order valence-electron chi connectivity index (χ0n) is 15.7. The molecule has 3 amide bonds. The lowest BCUT2D eigenvalue weighted by Crippen LogP contribution is -2.34. The molecule has 150 valence electrons. The average molecular weight is 396 g/mol. The van der Waals surface area contributed by atoms with E-state index in [2.05, 4.69) is 16.0 Å². The molecule has 0 unspecified atom stereocenters. The molecule has 9 nitrogen and oxygen atoms in total. The Labute approximate surface area is 167 Å². The second kappa shape index (κ2) is 11.1. The zero-order chi connectivity index (χ0) is 21.1. The van der Waals surface area contributed by atoms with Crippen LogP contribution in [0.2, 0.25) is 0 Å². The van der Waals surface area contributed by atoms with Crippen molar-refractivity contribution in [1.82, 2.24) is 10.6 Å². The maximum absolute atomic E-state index is 11.9. The van der Waals surface area contributed by atoms with E-state index in [0.29, 0.717) is 18.1 Å². The maximum atomic E-state index is 11.9. The number of hydrogen-bond acceptors (Lipinski definition) is 6. The first-order chi connectivity index (χ1) is 14.0. The molecule has 2 rings (SSSR count). The summed E-state index contributed by atoms with van der Waals surface area (Å²) in [4.78, 5) is 35.6. The van der Waals surface area contributed by atoms with Crippen LogP contribution < -0.4 is 16.0 Å². The number of nitrogens with one attached hydrogen (secondary N) is 3. The number of carbonyl (C=O) groups excluding carboxylic acids is 3. The Morgan fingerprint density at radius 2 is 1.83 bits per heavy atom. The highest BCUT2D eigenvalue weighted by Crippen LogP contribution is 2.12. The molecule has 0 saturated carbocycles. The molecule has 0 spiro atoms. The second-order valence-corrected chi connectivity index (χ2v) is 5.73. The first-order valence-electron chi connectivity index (χ1n) is 8.65. The molecule has 0 aliphatic rings. The summed E-state index contributed by atoms with van der Waals surface area (Å²) in [6.45, 7) is 0.568. The number of nitrogens with zero attached hydrogens (tertiary/aromatic N) is 1. The number of rotatable bonds is 8. The number of methoxy groups -OCH3 is 1. The highest BCUT2D eigenvalue weighted by molar-refractivity contribution is 6.39. The van der Waals surface area contributed by atoms with Gasteiger partial charge in [0.25, 0.3) is 5.91 Å². The molecule has 0 atom stereocenters. The predicted octanol–water partition coefficient (Wildman–Crippen LogP) is 1.20. The van der Waals surface area contributed by atoms with E-state index in [9.17, 15) is 14.4 Å². The van der Waals surface area contributed by atoms with Crippen LogP contribution in [-0.2, 0) is 25.7 Å². The Kier molecular flexibility index (Phi) is 8.16. The van der Waals surface area contributed by atoms with Gasteiger partial charge in [0.15, 0.2) is 0 Å². The zero-order valence-corrected chi connectivity index (χ0v) is 15.7. The Balaban J connectivity index is 1.89. The van der Waals surface area contributed by atoms with Gasteiger partial charge in [-0.3, -0.25) is 14.4 Å². The third-order valence-corrected chi connectivity index (χ3v) is 3.59. The van der Waals surface area contributed by atoms with Gasteiger partial charge in [-0.15, -0.1) is 0 Å². The quantitative estimate of drug-likeness (QED) is 0.266. The number of nitriles is 1. The fourth-order valence-electron chi connectivity index (χ4n) is 2.18. The Morgan fingerprint density at radius 3 is 2.52 bits per heavy atom. The fraction of sp³-hybridized carbons (Fsp3) is 0.200. The average Bonchev–Trinajstić information content (AvgIpc) is 3.18. The van der Waals surface area contributed by atoms with Crippen molar-refractivity contribution >= 4 is 29.5 Å². The van der Waals surface area contributed by atoms with Crippen molar-refractivity contribution in [2.24, 2.45) is 0 Å². The molecule has 0 radical (unpaired) electrons. The maximum Gasteiger partial charge on any atom is 0.313 e. The van der Waals surface area contributed by atoms with Crippen LogP contribution in [0.3, 0.4) is 0 Å². The molecule has 29 heavy (non-hydrogen) atoms. The minimum Gasteiger partial charge on any atom is -0.460 e. The van der Waals surface area contributed by atoms with Crippen LogP contribution in [0.15, 0.2) is 52.5 Å². The molecule has 0 saturated heterocycles. The number of para-hydroxylation sites is 1. The predicted molar refractivity (Wildman–Crippen MR) is 104 cm³/mol. The number of ether oxygens (including phenoxy) is 1. The molecule has 2 aromatic rings. The molecular weight excluding hydrogens is 376 g/mol. The summed E-state index contributed by atoms with van der Waals surface area (Å²) in [5.41, 5.74) is 0.374. The van der Waals surface area contributed by atoms with E-state index < -0.39 is 17.7 Å². The first-order valence-corrected chi connectivity index (χ1v) is 8.65. The van der Waals surface area contributed by atoms with E-state index in [4.69, 9.17) is 14.4 Å². The van der Waals surface area contributed by atoms with Crippen LogP contribution in [0, 0.1) is 11.3 Å². The molecule has 1 aromatic heterocycles. The van der Waals surface area contributed by atoms with Crippen LogP contribution in [-0.4, -0.2) is 38.0 Å². The van der Waals surface area contributed by atoms with Gasteiger partial charge in [0.2, 0.25) is 0 Å². The number of carbonyl (C=O) groups is 3. The second-order valence-electron chi connectivity index (χ2n) is 5.73. The van der Waals surface area contributed by atoms with Gasteiger partial charge in [-0.25, -0.2) is 0 Å². The van der Waals surface area contributed by atoms with Gasteiger partial charge >= 0.3 is 11.8 Å². The van der Waals surface area contributed by atoms with E-state index in [1.807, 2.05) is 0 Å². The third-order valence-electron chi connectivity index (χ3n) is 3.59. The van der Waals surface area contributed by atoms with Gasteiger partial charge in [0.1, 0.15) is 23.2 Å². The van der Waals surface area contributed by atoms with Gasteiger partial charge in [-0.1, -0.05) is 18.2 Å². The number of furan rings is 1. The van der Waals surface area contributed by atoms with Crippen molar-refractivity contribution in [1.29, 1.82) is 5.26 Å². The minimum atomic E-state index is -0.822. The van der Waals surface area contributed by atoms with Crippen molar-refractivity contribution < 1.29 is 23.5 Å². The highest BCUT2D eigenvalue weighted by atomic mass is 16.5. The normalized spacial score (nSPS) is 10.7. The lowest BCUT2D eigenvalue weighted by atomic mass is 10.2. The minimum absolute atomic E-state index is 0.0309. The van der Waals surface area contributed by atoms with Gasteiger partial charge in [-0.2, -0.15) is 5.26 Å². The van der Waals surface area contributed by atoms with E-state index in [1.54, 1.807) is 48.5 Å². The smallest absolute Gasteiger partial charge is 0.313 e. The van der Waals surface area contributed by atoms with Crippen LogP contribution >= 0.6 is 0 Å². The number of benzene rings is 1. The standard InChI is InChI=1S/C20H20N4O5/c1-28-10-9-22-18(25)14(12-21)11-16-7-8-17(29-16)13-23-19(26)20(27)24-15-5-3-2-4-6-15/h2-8,11H,9-10,13H2,1H3,(H,22,25)(H,23,26)(H,24,27)/b14-11-. The monoisotopic (exact) mass is 396 g/mol. The van der Waals surface area contributed by atoms with Gasteiger partial charge < -0.3 is 25.1 Å². The van der Waals surface area contributed by atoms with Crippen molar-refractivity contribution in [2.45, 2.75) is 6.54 Å². The summed E-state index contributed by atoms with van der Waals surface area (Å²) in [5.74, 6) is -1.55. The lowest BCUT2D eigenvalue weighted by Gasteiger charge is -2.05. The lowest BCUT2D eigenvalue weighted by molar-refractivity contribution is -0.136. The topological polar surface area (TPSA) is 133 Å². The number of amides is 3. The van der Waals surface area contributed by atoms with Crippen molar-refractivity contribution in [3.63, 3.8) is 0 Å².